The minimum atomic E-state index is -4.51. The minimum absolute atomic E-state index is 0.00471. The van der Waals surface area contributed by atoms with Gasteiger partial charge in [-0.05, 0) is 26.0 Å². The van der Waals surface area contributed by atoms with E-state index in [1.54, 1.807) is 0 Å². The molecule has 8 heteroatoms. The largest absolute Gasteiger partial charge is 0.470 e. The fourth-order valence-electron chi connectivity index (χ4n) is 1.88. The Balaban J connectivity index is 1.93. The molecule has 1 aliphatic heterocycles. The maximum atomic E-state index is 12.8. The smallest absolute Gasteiger partial charge is 0.421 e. The van der Waals surface area contributed by atoms with Crippen molar-refractivity contribution in [2.75, 3.05) is 13.1 Å². The summed E-state index contributed by atoms with van der Waals surface area (Å²) in [5, 5.41) is 2.70. The van der Waals surface area contributed by atoms with Crippen molar-refractivity contribution < 1.29 is 22.7 Å². The molecule has 21 heavy (non-hydrogen) atoms. The number of rotatable bonds is 3. The molecule has 1 fully saturated rings. The van der Waals surface area contributed by atoms with Crippen LogP contribution in [-0.4, -0.2) is 41.2 Å². The van der Waals surface area contributed by atoms with Crippen LogP contribution < -0.4 is 10.1 Å². The van der Waals surface area contributed by atoms with E-state index in [1.165, 1.54) is 17.2 Å². The molecule has 0 bridgehead atoms. The van der Waals surface area contributed by atoms with E-state index in [4.69, 9.17) is 4.74 Å². The van der Waals surface area contributed by atoms with E-state index in [-0.39, 0.29) is 25.2 Å². The summed E-state index contributed by atoms with van der Waals surface area (Å²) in [4.78, 5) is 16.7. The highest BCUT2D eigenvalue weighted by atomic mass is 19.4. The molecule has 1 N–H and O–H groups in total. The zero-order valence-corrected chi connectivity index (χ0v) is 11.6. The molecule has 0 aliphatic carbocycles. The van der Waals surface area contributed by atoms with Gasteiger partial charge in [0, 0.05) is 12.2 Å². The van der Waals surface area contributed by atoms with Gasteiger partial charge in [0.25, 0.3) is 0 Å². The SMILES string of the molecule is CC(C)NC(=O)N1CC(Oc2ncccc2C(F)(F)F)C1. The van der Waals surface area contributed by atoms with Gasteiger partial charge in [0.15, 0.2) is 0 Å². The predicted octanol–water partition coefficient (Wildman–Crippen LogP) is 2.28. The summed E-state index contributed by atoms with van der Waals surface area (Å²) in [6.45, 7) is 4.14. The molecule has 1 saturated heterocycles. The number of likely N-dealkylation sites (tertiary alicyclic amines) is 1. The van der Waals surface area contributed by atoms with Crippen LogP contribution in [0.1, 0.15) is 19.4 Å². The van der Waals surface area contributed by atoms with Gasteiger partial charge >= 0.3 is 12.2 Å². The Morgan fingerprint density at radius 3 is 2.71 bits per heavy atom. The van der Waals surface area contributed by atoms with Crippen LogP contribution >= 0.6 is 0 Å². The number of pyridine rings is 1. The number of halogens is 3. The first-order valence-electron chi connectivity index (χ1n) is 6.51. The average Bonchev–Trinajstić information content (AvgIpc) is 2.31. The Labute approximate surface area is 120 Å². The monoisotopic (exact) mass is 303 g/mol. The Kier molecular flexibility index (Phi) is 4.24. The normalized spacial score (nSPS) is 15.8. The Bertz CT molecular complexity index is 514. The van der Waals surface area contributed by atoms with Gasteiger partial charge in [-0.3, -0.25) is 0 Å². The maximum Gasteiger partial charge on any atom is 0.421 e. The number of nitrogens with one attached hydrogen (secondary N) is 1. The van der Waals surface area contributed by atoms with E-state index in [1.807, 2.05) is 13.8 Å². The van der Waals surface area contributed by atoms with E-state index >= 15 is 0 Å². The number of urea groups is 1. The molecule has 1 aromatic rings. The summed E-state index contributed by atoms with van der Waals surface area (Å²) < 4.78 is 43.6. The van der Waals surface area contributed by atoms with E-state index < -0.39 is 23.7 Å². The quantitative estimate of drug-likeness (QED) is 0.932. The van der Waals surface area contributed by atoms with Crippen molar-refractivity contribution in [3.63, 3.8) is 0 Å². The number of carbonyl (C=O) groups is 1. The summed E-state index contributed by atoms with van der Waals surface area (Å²) in [5.74, 6) is -0.445. The second-order valence-electron chi connectivity index (χ2n) is 5.10. The lowest BCUT2D eigenvalue weighted by Crippen LogP contribution is -2.59. The lowest BCUT2D eigenvalue weighted by molar-refractivity contribution is -0.140. The van der Waals surface area contributed by atoms with Crippen LogP contribution in [0.2, 0.25) is 0 Å². The first kappa shape index (κ1) is 15.4. The fraction of sp³-hybridized carbons (Fsp3) is 0.538. The standard InChI is InChI=1S/C13H16F3N3O2/c1-8(2)18-12(20)19-6-9(7-19)21-11-10(13(14,15)16)4-3-5-17-11/h3-5,8-9H,6-7H2,1-2H3,(H,18,20). The highest BCUT2D eigenvalue weighted by Crippen LogP contribution is 2.35. The van der Waals surface area contributed by atoms with Gasteiger partial charge in [-0.25, -0.2) is 9.78 Å². The number of aromatic nitrogens is 1. The minimum Gasteiger partial charge on any atom is -0.470 e. The number of hydrogen-bond donors (Lipinski definition) is 1. The first-order valence-corrected chi connectivity index (χ1v) is 6.51. The zero-order chi connectivity index (χ0) is 15.6. The molecule has 5 nitrogen and oxygen atoms in total. The van der Waals surface area contributed by atoms with Gasteiger partial charge in [-0.2, -0.15) is 13.2 Å². The number of amides is 2. The summed E-state index contributed by atoms with van der Waals surface area (Å²) in [5.41, 5.74) is -0.907. The number of hydrogen-bond acceptors (Lipinski definition) is 3. The molecule has 0 atom stereocenters. The van der Waals surface area contributed by atoms with Gasteiger partial charge in [-0.1, -0.05) is 0 Å². The molecule has 2 amide bonds. The lowest BCUT2D eigenvalue weighted by Gasteiger charge is -2.39. The molecule has 2 rings (SSSR count). The third-order valence-electron chi connectivity index (χ3n) is 2.90. The summed E-state index contributed by atoms with van der Waals surface area (Å²) >= 11 is 0. The highest BCUT2D eigenvalue weighted by molar-refractivity contribution is 5.75. The zero-order valence-electron chi connectivity index (χ0n) is 11.6. The summed E-state index contributed by atoms with van der Waals surface area (Å²) in [6.07, 6.45) is -3.74. The Hall–Kier alpha value is -1.99. The van der Waals surface area contributed by atoms with Crippen LogP contribution in [0.3, 0.4) is 0 Å². The van der Waals surface area contributed by atoms with Crippen molar-refractivity contribution >= 4 is 6.03 Å². The van der Waals surface area contributed by atoms with Crippen molar-refractivity contribution in [1.82, 2.24) is 15.2 Å². The van der Waals surface area contributed by atoms with Crippen LogP contribution in [0, 0.1) is 0 Å². The van der Waals surface area contributed by atoms with Crippen molar-refractivity contribution in [2.24, 2.45) is 0 Å². The molecular weight excluding hydrogens is 287 g/mol. The van der Waals surface area contributed by atoms with Crippen molar-refractivity contribution in [3.8, 4) is 5.88 Å². The van der Waals surface area contributed by atoms with Crippen molar-refractivity contribution in [1.29, 1.82) is 0 Å². The molecule has 2 heterocycles. The second kappa shape index (κ2) is 5.79. The van der Waals surface area contributed by atoms with Crippen molar-refractivity contribution in [3.05, 3.63) is 23.9 Å². The van der Waals surface area contributed by atoms with Crippen LogP contribution in [-0.2, 0) is 6.18 Å². The molecule has 116 valence electrons. The van der Waals surface area contributed by atoms with E-state index in [0.717, 1.165) is 6.07 Å². The molecule has 0 spiro atoms. The van der Waals surface area contributed by atoms with Gasteiger partial charge in [0.05, 0.1) is 13.1 Å². The predicted molar refractivity (Wildman–Crippen MR) is 68.9 cm³/mol. The summed E-state index contributed by atoms with van der Waals surface area (Å²) in [7, 11) is 0. The molecule has 0 radical (unpaired) electrons. The molecule has 1 aliphatic rings. The lowest BCUT2D eigenvalue weighted by atomic mass is 10.2. The van der Waals surface area contributed by atoms with Gasteiger partial charge in [-0.15, -0.1) is 0 Å². The second-order valence-corrected chi connectivity index (χ2v) is 5.10. The van der Waals surface area contributed by atoms with Crippen LogP contribution in [0.5, 0.6) is 5.88 Å². The van der Waals surface area contributed by atoms with Crippen LogP contribution in [0.25, 0.3) is 0 Å². The highest BCUT2D eigenvalue weighted by Gasteiger charge is 2.38. The third kappa shape index (κ3) is 3.77. The van der Waals surface area contributed by atoms with Crippen LogP contribution in [0.15, 0.2) is 18.3 Å². The Morgan fingerprint density at radius 1 is 1.48 bits per heavy atom. The van der Waals surface area contributed by atoms with Gasteiger partial charge in [0.2, 0.25) is 5.88 Å². The molecule has 1 aromatic heterocycles. The van der Waals surface area contributed by atoms with Crippen LogP contribution in [0.4, 0.5) is 18.0 Å². The van der Waals surface area contributed by atoms with E-state index in [9.17, 15) is 18.0 Å². The maximum absolute atomic E-state index is 12.8. The first-order chi connectivity index (χ1) is 9.77. The molecule has 0 aromatic carbocycles. The fourth-order valence-corrected chi connectivity index (χ4v) is 1.88. The molecule has 0 saturated carbocycles. The molecule has 0 unspecified atom stereocenters. The number of carbonyl (C=O) groups excluding carboxylic acids is 1. The van der Waals surface area contributed by atoms with Crippen molar-refractivity contribution in [2.45, 2.75) is 32.2 Å². The average molecular weight is 303 g/mol. The van der Waals surface area contributed by atoms with E-state index in [0.29, 0.717) is 0 Å². The number of nitrogens with zero attached hydrogens (tertiary/aromatic N) is 2. The summed E-state index contributed by atoms with van der Waals surface area (Å²) in [6, 6.07) is 1.88. The number of ether oxygens (including phenoxy) is 1. The molecular formula is C13H16F3N3O2. The van der Waals surface area contributed by atoms with E-state index in [2.05, 4.69) is 10.3 Å². The van der Waals surface area contributed by atoms with Gasteiger partial charge < -0.3 is 15.0 Å². The van der Waals surface area contributed by atoms with Gasteiger partial charge in [0.1, 0.15) is 11.7 Å². The topological polar surface area (TPSA) is 54.5 Å². The third-order valence-corrected chi connectivity index (χ3v) is 2.90. The Morgan fingerprint density at radius 2 is 2.14 bits per heavy atom. The number of alkyl halides is 3.